The molecule has 0 spiro atoms. The Morgan fingerprint density at radius 3 is 2.50 bits per heavy atom. The first-order valence-electron chi connectivity index (χ1n) is 13.0. The van der Waals surface area contributed by atoms with E-state index >= 15 is 0 Å². The molecule has 2 aliphatic carbocycles. The number of nitrogens with one attached hydrogen (secondary N) is 2. The molecule has 0 aromatic heterocycles. The van der Waals surface area contributed by atoms with Crippen molar-refractivity contribution in [2.75, 3.05) is 0 Å². The molecule has 1 amide bonds. The number of alkyl carbamates (subject to hydrolysis) is 1. The van der Waals surface area contributed by atoms with Crippen LogP contribution in [0, 0.1) is 0 Å². The lowest BCUT2D eigenvalue weighted by molar-refractivity contribution is 0.0377. The van der Waals surface area contributed by atoms with E-state index in [9.17, 15) is 4.79 Å². The Morgan fingerprint density at radius 2 is 1.84 bits per heavy atom. The second-order valence-corrected chi connectivity index (χ2v) is 12.1. The maximum atomic E-state index is 12.6. The van der Waals surface area contributed by atoms with Crippen LogP contribution in [0.4, 0.5) is 4.79 Å². The number of rotatable bonds is 4. The lowest BCUT2D eigenvalue weighted by Gasteiger charge is -2.43. The normalized spacial score (nSPS) is 21.5. The molecule has 2 heterocycles. The number of benzene rings is 2. The van der Waals surface area contributed by atoms with E-state index in [0.717, 1.165) is 63.1 Å². The molecule has 1 atom stereocenters. The fraction of sp³-hybridized carbons (Fsp3) is 0.290. The second-order valence-electron chi connectivity index (χ2n) is 11.2. The van der Waals surface area contributed by atoms with Gasteiger partial charge >= 0.3 is 6.09 Å². The molecule has 6 nitrogen and oxygen atoms in total. The van der Waals surface area contributed by atoms with Crippen molar-refractivity contribution in [3.05, 3.63) is 112 Å². The van der Waals surface area contributed by atoms with Crippen molar-refractivity contribution in [3.8, 4) is 0 Å². The van der Waals surface area contributed by atoms with Gasteiger partial charge in [0.15, 0.2) is 5.82 Å². The Labute approximate surface area is 232 Å². The standard InChI is InChI=1S/C31H31BrN4O2/c1-30(2,3)38-29(37)34-31(16-7-17-31)22-12-10-21(11-13-22)27-25(20-8-5-4-6-9-20)19-36-28(33-27)24-18-23(32)14-15-26(24)35-36/h4-6,8-15,18-19,26,35H,7,16-17H2,1-3H3,(H,34,37). The maximum absolute atomic E-state index is 12.6. The number of carbonyl (C=O) groups excluding carboxylic acids is 1. The van der Waals surface area contributed by atoms with E-state index in [1.807, 2.05) is 44.0 Å². The van der Waals surface area contributed by atoms with E-state index in [0.29, 0.717) is 0 Å². The topological polar surface area (TPSA) is 66.0 Å². The summed E-state index contributed by atoms with van der Waals surface area (Å²) in [5.41, 5.74) is 8.94. The highest BCUT2D eigenvalue weighted by Crippen LogP contribution is 2.42. The molecule has 2 aromatic rings. The summed E-state index contributed by atoms with van der Waals surface area (Å²) in [6, 6.07) is 18.9. The minimum Gasteiger partial charge on any atom is -0.444 e. The van der Waals surface area contributed by atoms with Crippen LogP contribution in [0.15, 0.2) is 99.9 Å². The van der Waals surface area contributed by atoms with Crippen molar-refractivity contribution < 1.29 is 9.53 Å². The van der Waals surface area contributed by atoms with Gasteiger partial charge in [-0.1, -0.05) is 82.7 Å². The average molecular weight is 572 g/mol. The van der Waals surface area contributed by atoms with Gasteiger partial charge in [0, 0.05) is 27.4 Å². The minimum atomic E-state index is -0.533. The Kier molecular flexibility index (Phi) is 6.16. The summed E-state index contributed by atoms with van der Waals surface area (Å²) in [4.78, 5) is 17.8. The third kappa shape index (κ3) is 4.65. The van der Waals surface area contributed by atoms with Gasteiger partial charge in [-0.15, -0.1) is 0 Å². The molecule has 0 bridgehead atoms. The summed E-state index contributed by atoms with van der Waals surface area (Å²) in [6.45, 7) is 5.65. The van der Waals surface area contributed by atoms with Crippen LogP contribution < -0.4 is 10.7 Å². The number of ether oxygens (including phenoxy) is 1. The number of halogens is 1. The number of fused-ring (bicyclic) bond motifs is 2. The second kappa shape index (κ2) is 9.40. The largest absolute Gasteiger partial charge is 0.444 e. The first-order chi connectivity index (χ1) is 18.2. The highest BCUT2D eigenvalue weighted by atomic mass is 79.9. The SMILES string of the molecule is CC(C)(C)OC(=O)NC1(c2ccc(C3=NC4=C5C=C(Br)C=CC5NN4C=C3c3ccccc3)cc2)CCC1. The summed E-state index contributed by atoms with van der Waals surface area (Å²) in [5.74, 6) is 0.900. The molecule has 38 heavy (non-hydrogen) atoms. The summed E-state index contributed by atoms with van der Waals surface area (Å²) in [5, 5.41) is 5.19. The van der Waals surface area contributed by atoms with E-state index in [-0.39, 0.29) is 17.7 Å². The minimum absolute atomic E-state index is 0.0856. The van der Waals surface area contributed by atoms with Crippen molar-refractivity contribution in [1.29, 1.82) is 0 Å². The van der Waals surface area contributed by atoms with Gasteiger partial charge in [0.25, 0.3) is 0 Å². The highest BCUT2D eigenvalue weighted by molar-refractivity contribution is 9.11. The third-order valence-corrected chi connectivity index (χ3v) is 7.81. The van der Waals surface area contributed by atoms with Gasteiger partial charge in [-0.25, -0.2) is 15.2 Å². The van der Waals surface area contributed by atoms with Crippen LogP contribution in [-0.2, 0) is 10.3 Å². The maximum Gasteiger partial charge on any atom is 0.408 e. The zero-order valence-electron chi connectivity index (χ0n) is 21.8. The Hall–Kier alpha value is -3.42. The van der Waals surface area contributed by atoms with Gasteiger partial charge in [-0.05, 0) is 57.2 Å². The van der Waals surface area contributed by atoms with E-state index in [1.54, 1.807) is 0 Å². The van der Waals surface area contributed by atoms with Crippen LogP contribution in [0.5, 0.6) is 0 Å². The molecule has 0 saturated heterocycles. The molecule has 7 heteroatoms. The average Bonchev–Trinajstić information content (AvgIpc) is 3.22. The smallest absolute Gasteiger partial charge is 0.408 e. The lowest BCUT2D eigenvalue weighted by Crippen LogP contribution is -2.52. The molecule has 1 fully saturated rings. The van der Waals surface area contributed by atoms with E-state index in [4.69, 9.17) is 9.73 Å². The molecule has 2 aromatic carbocycles. The summed E-state index contributed by atoms with van der Waals surface area (Å²) in [7, 11) is 0. The van der Waals surface area contributed by atoms with Gasteiger partial charge < -0.3 is 10.1 Å². The van der Waals surface area contributed by atoms with Gasteiger partial charge in [-0.2, -0.15) is 0 Å². The Balaban J connectivity index is 1.36. The number of amides is 1. The monoisotopic (exact) mass is 570 g/mol. The van der Waals surface area contributed by atoms with Crippen LogP contribution in [-0.4, -0.2) is 28.5 Å². The number of hydrogen-bond acceptors (Lipinski definition) is 5. The molecule has 6 rings (SSSR count). The zero-order valence-corrected chi connectivity index (χ0v) is 23.4. The number of hydrogen-bond donors (Lipinski definition) is 2. The number of carbonyl (C=O) groups is 1. The van der Waals surface area contributed by atoms with Crippen LogP contribution in [0.25, 0.3) is 5.57 Å². The zero-order chi connectivity index (χ0) is 26.5. The van der Waals surface area contributed by atoms with Crippen molar-refractivity contribution in [1.82, 2.24) is 15.8 Å². The summed E-state index contributed by atoms with van der Waals surface area (Å²) < 4.78 is 6.59. The van der Waals surface area contributed by atoms with Gasteiger partial charge in [0.05, 0.1) is 17.3 Å². The summed E-state index contributed by atoms with van der Waals surface area (Å²) in [6.07, 6.45) is 11.0. The highest BCUT2D eigenvalue weighted by Gasteiger charge is 2.41. The Morgan fingerprint density at radius 1 is 1.11 bits per heavy atom. The molecular formula is C31H31BrN4O2. The van der Waals surface area contributed by atoms with E-state index in [2.05, 4.69) is 87.5 Å². The third-order valence-electron chi connectivity index (χ3n) is 7.31. The van der Waals surface area contributed by atoms with Gasteiger partial charge in [-0.3, -0.25) is 5.01 Å². The van der Waals surface area contributed by atoms with Gasteiger partial charge in [0.2, 0.25) is 0 Å². The molecule has 194 valence electrons. The number of allylic oxidation sites excluding steroid dienone is 3. The molecule has 2 aliphatic heterocycles. The molecule has 1 unspecified atom stereocenters. The summed E-state index contributed by atoms with van der Waals surface area (Å²) >= 11 is 3.61. The molecule has 1 saturated carbocycles. The van der Waals surface area contributed by atoms with Crippen molar-refractivity contribution in [3.63, 3.8) is 0 Å². The van der Waals surface area contributed by atoms with Gasteiger partial charge in [0.1, 0.15) is 5.60 Å². The molecular weight excluding hydrogens is 540 g/mol. The van der Waals surface area contributed by atoms with E-state index in [1.165, 1.54) is 0 Å². The first kappa shape index (κ1) is 24.9. The van der Waals surface area contributed by atoms with Crippen LogP contribution in [0.1, 0.15) is 56.7 Å². The quantitative estimate of drug-likeness (QED) is 0.430. The fourth-order valence-electron chi connectivity index (χ4n) is 5.33. The lowest BCUT2D eigenvalue weighted by atomic mass is 9.71. The Bertz CT molecular complexity index is 1420. The molecule has 4 aliphatic rings. The van der Waals surface area contributed by atoms with Crippen molar-refractivity contribution in [2.45, 2.75) is 57.2 Å². The fourth-order valence-corrected chi connectivity index (χ4v) is 5.73. The number of aliphatic imine (C=N–C) groups is 1. The number of nitrogens with zero attached hydrogens (tertiary/aromatic N) is 2. The van der Waals surface area contributed by atoms with Crippen molar-refractivity contribution >= 4 is 33.3 Å². The van der Waals surface area contributed by atoms with Crippen LogP contribution >= 0.6 is 15.9 Å². The van der Waals surface area contributed by atoms with Crippen molar-refractivity contribution in [2.24, 2.45) is 4.99 Å². The van der Waals surface area contributed by atoms with E-state index < -0.39 is 5.60 Å². The van der Waals surface area contributed by atoms with Crippen LogP contribution in [0.3, 0.4) is 0 Å². The molecule has 0 radical (unpaired) electrons. The molecule has 2 N–H and O–H groups in total. The first-order valence-corrected chi connectivity index (χ1v) is 13.8. The predicted molar refractivity (Wildman–Crippen MR) is 154 cm³/mol. The number of hydrazine groups is 1. The predicted octanol–water partition coefficient (Wildman–Crippen LogP) is 6.68. The van der Waals surface area contributed by atoms with Crippen LogP contribution in [0.2, 0.25) is 0 Å².